The maximum absolute atomic E-state index is 14.2. The van der Waals surface area contributed by atoms with E-state index in [0.717, 1.165) is 11.1 Å². The van der Waals surface area contributed by atoms with Crippen LogP contribution < -0.4 is 5.19 Å². The van der Waals surface area contributed by atoms with Crippen molar-refractivity contribution in [2.45, 2.75) is 11.0 Å². The molecule has 41 heavy (non-hydrogen) atoms. The third-order valence-electron chi connectivity index (χ3n) is 7.45. The molecule has 0 saturated carbocycles. The molecular weight excluding hydrogens is 525 g/mol. The Morgan fingerprint density at radius 1 is 0.634 bits per heavy atom. The van der Waals surface area contributed by atoms with Crippen LogP contribution in [0.15, 0.2) is 158 Å². The van der Waals surface area contributed by atoms with Crippen molar-refractivity contribution in [3.8, 4) is 0 Å². The minimum absolute atomic E-state index is 0.310. The van der Waals surface area contributed by atoms with E-state index < -0.39 is 14.7 Å². The molecule has 0 amide bonds. The van der Waals surface area contributed by atoms with Crippen LogP contribution in [-0.4, -0.2) is 26.9 Å². The highest BCUT2D eigenvalue weighted by Gasteiger charge is 2.37. The molecule has 1 aromatic heterocycles. The van der Waals surface area contributed by atoms with Gasteiger partial charge in [-0.25, -0.2) is 13.8 Å². The van der Waals surface area contributed by atoms with Crippen molar-refractivity contribution >= 4 is 22.6 Å². The Kier molecular flexibility index (Phi) is 9.02. The Morgan fingerprint density at radius 2 is 1.12 bits per heavy atom. The van der Waals surface area contributed by atoms with Crippen LogP contribution in [0.3, 0.4) is 0 Å². The van der Waals surface area contributed by atoms with E-state index >= 15 is 0 Å². The van der Waals surface area contributed by atoms with Crippen LogP contribution in [0, 0.1) is 11.6 Å². The Bertz CT molecular complexity index is 1560. The maximum Gasteiger partial charge on any atom is 0.123 e. The van der Waals surface area contributed by atoms with Crippen molar-refractivity contribution in [1.29, 1.82) is 0 Å². The van der Waals surface area contributed by atoms with Gasteiger partial charge in [-0.2, -0.15) is 0 Å². The Labute approximate surface area is 243 Å². The van der Waals surface area contributed by atoms with Crippen LogP contribution in [0.2, 0.25) is 0 Å². The molecule has 202 valence electrons. The van der Waals surface area contributed by atoms with Gasteiger partial charge >= 0.3 is 0 Å². The number of rotatable bonds is 7. The summed E-state index contributed by atoms with van der Waals surface area (Å²) in [6.07, 6.45) is 5.30. The van der Waals surface area contributed by atoms with E-state index in [1.807, 2.05) is 41.1 Å². The highest BCUT2D eigenvalue weighted by molar-refractivity contribution is 6.57. The second-order valence-electron chi connectivity index (χ2n) is 10.1. The van der Waals surface area contributed by atoms with E-state index in [1.54, 1.807) is 36.8 Å². The number of benzene rings is 5. The zero-order valence-corrected chi connectivity index (χ0v) is 24.4. The summed E-state index contributed by atoms with van der Waals surface area (Å²) in [7, 11) is 1.13. The van der Waals surface area contributed by atoms with Crippen LogP contribution in [0.4, 0.5) is 8.78 Å². The molecule has 0 aliphatic rings. The summed E-state index contributed by atoms with van der Waals surface area (Å²) >= 11 is 0. The predicted molar refractivity (Wildman–Crippen MR) is 169 cm³/mol. The lowest BCUT2D eigenvalue weighted by atomic mass is 9.76. The van der Waals surface area contributed by atoms with E-state index in [0.29, 0.717) is 5.82 Å². The van der Waals surface area contributed by atoms with Crippen LogP contribution >= 0.6 is 0 Å². The zero-order valence-electron chi connectivity index (χ0n) is 22.9. The molecule has 0 bridgehead atoms. The lowest BCUT2D eigenvalue weighted by Gasteiger charge is -2.37. The van der Waals surface area contributed by atoms with Gasteiger partial charge in [0.25, 0.3) is 0 Å². The van der Waals surface area contributed by atoms with Crippen molar-refractivity contribution in [2.24, 2.45) is 0 Å². The van der Waals surface area contributed by atoms with Gasteiger partial charge in [0.15, 0.2) is 0 Å². The molecule has 0 spiro atoms. The molecule has 0 aliphatic heterocycles. The molecule has 0 radical (unpaired) electrons. The van der Waals surface area contributed by atoms with Gasteiger partial charge in [0.1, 0.15) is 19.5 Å². The molecule has 0 aliphatic carbocycles. The predicted octanol–water partition coefficient (Wildman–Crippen LogP) is 5.81. The van der Waals surface area contributed by atoms with Gasteiger partial charge in [-0.1, -0.05) is 120 Å². The number of imidazole rings is 1. The summed E-state index contributed by atoms with van der Waals surface area (Å²) in [6, 6.07) is 44.5. The van der Waals surface area contributed by atoms with Crippen molar-refractivity contribution in [3.05, 3.63) is 192 Å². The molecule has 5 aromatic carbocycles. The summed E-state index contributed by atoms with van der Waals surface area (Å²) in [5, 5.41) is 0.502. The highest BCUT2D eigenvalue weighted by atomic mass is 28.2. The summed E-state index contributed by atoms with van der Waals surface area (Å²) in [5.41, 5.74) is 4.33. The average molecular weight is 557 g/mol. The van der Waals surface area contributed by atoms with Crippen LogP contribution in [0.1, 0.15) is 28.1 Å². The first kappa shape index (κ1) is 28.0. The SMILES string of the molecule is BC(c1ccccc1)c1ccccc1.Fc1cccc(C([SiH2]c2ccccc2)(c2cccc(F)c2)n2ccnc2)c1. The topological polar surface area (TPSA) is 17.8 Å². The molecule has 6 heteroatoms. The number of hydrogen-bond donors (Lipinski definition) is 0. The van der Waals surface area contributed by atoms with Crippen molar-refractivity contribution in [1.82, 2.24) is 9.55 Å². The summed E-state index contributed by atoms with van der Waals surface area (Å²) < 4.78 is 30.4. The van der Waals surface area contributed by atoms with Crippen LogP contribution in [0.5, 0.6) is 0 Å². The second kappa shape index (κ2) is 13.2. The summed E-state index contributed by atoms with van der Waals surface area (Å²) in [4.78, 5) is 4.22. The fourth-order valence-corrected chi connectivity index (χ4v) is 7.62. The molecule has 6 aromatic rings. The fourth-order valence-electron chi connectivity index (χ4n) is 5.30. The van der Waals surface area contributed by atoms with Crippen LogP contribution in [0.25, 0.3) is 0 Å². The largest absolute Gasteiger partial charge is 0.326 e. The molecule has 2 nitrogen and oxygen atoms in total. The molecule has 0 N–H and O–H groups in total. The first-order chi connectivity index (χ1) is 20.1. The molecule has 0 atom stereocenters. The molecule has 1 heterocycles. The van der Waals surface area contributed by atoms with Gasteiger partial charge in [-0.05, 0) is 52.3 Å². The van der Waals surface area contributed by atoms with Gasteiger partial charge in [0.2, 0.25) is 0 Å². The zero-order chi connectivity index (χ0) is 28.5. The van der Waals surface area contributed by atoms with E-state index in [4.69, 9.17) is 0 Å². The average Bonchev–Trinajstić information content (AvgIpc) is 3.57. The number of aromatic nitrogens is 2. The first-order valence-electron chi connectivity index (χ1n) is 13.7. The quantitative estimate of drug-likeness (QED) is 0.227. The fraction of sp³-hybridized carbons (Fsp3) is 0.0571. The minimum Gasteiger partial charge on any atom is -0.326 e. The summed E-state index contributed by atoms with van der Waals surface area (Å²) in [6.45, 7) is 0. The van der Waals surface area contributed by atoms with E-state index in [1.165, 1.54) is 28.4 Å². The minimum atomic E-state index is -1.11. The molecule has 0 fully saturated rings. The number of halogens is 2. The van der Waals surface area contributed by atoms with Gasteiger partial charge in [-0.3, -0.25) is 0 Å². The molecule has 0 saturated heterocycles. The Hall–Kier alpha value is -4.55. The number of nitrogens with zero attached hydrogens (tertiary/aromatic N) is 2. The van der Waals surface area contributed by atoms with Gasteiger partial charge < -0.3 is 4.57 Å². The van der Waals surface area contributed by atoms with E-state index in [-0.39, 0.29) is 11.6 Å². The monoisotopic (exact) mass is 556 g/mol. The molecule has 0 unspecified atom stereocenters. The smallest absolute Gasteiger partial charge is 0.123 e. The standard InChI is InChI=1S/C22H18F2N2Si.C13H13B/c23-19-8-4-6-17(14-19)22(26-13-12-25-16-26,18-7-5-9-20(24)15-18)27-21-10-2-1-3-11-21;14-13(11-7-3-1-4-8-11)12-9-5-2-6-10-12/h1-16H,27H2;1-10,13H,14H2. The second-order valence-corrected chi connectivity index (χ2v) is 12.2. The van der Waals surface area contributed by atoms with Crippen molar-refractivity contribution < 1.29 is 8.78 Å². The molecular formula is C35H31BF2N2Si. The maximum atomic E-state index is 14.2. The van der Waals surface area contributed by atoms with Crippen molar-refractivity contribution in [3.63, 3.8) is 0 Å². The van der Waals surface area contributed by atoms with E-state index in [9.17, 15) is 8.78 Å². The van der Waals surface area contributed by atoms with Gasteiger partial charge in [-0.15, -0.1) is 0 Å². The highest BCUT2D eigenvalue weighted by Crippen LogP contribution is 2.34. The Balaban J connectivity index is 0.000000202. The third-order valence-corrected chi connectivity index (χ3v) is 10.0. The van der Waals surface area contributed by atoms with Gasteiger partial charge in [0.05, 0.1) is 21.0 Å². The van der Waals surface area contributed by atoms with E-state index in [2.05, 4.69) is 85.6 Å². The normalized spacial score (nSPS) is 11.4. The summed E-state index contributed by atoms with van der Waals surface area (Å²) in [5.74, 6) is -0.136. The Morgan fingerprint density at radius 3 is 1.56 bits per heavy atom. The van der Waals surface area contributed by atoms with Gasteiger partial charge in [0, 0.05) is 12.4 Å². The first-order valence-corrected chi connectivity index (χ1v) is 15.1. The van der Waals surface area contributed by atoms with Crippen molar-refractivity contribution in [2.75, 3.05) is 0 Å². The number of hydrogen-bond acceptors (Lipinski definition) is 1. The van der Waals surface area contributed by atoms with Crippen LogP contribution in [-0.2, 0) is 5.16 Å². The molecule has 6 rings (SSSR count). The lowest BCUT2D eigenvalue weighted by Crippen LogP contribution is -2.46. The third kappa shape index (κ3) is 6.61. The lowest BCUT2D eigenvalue weighted by molar-refractivity contribution is 0.570.